The van der Waals surface area contributed by atoms with E-state index in [0.717, 1.165) is 19.3 Å². The molecule has 1 saturated carbocycles. The zero-order valence-corrected chi connectivity index (χ0v) is 11.3. The molecule has 2 aliphatic rings. The van der Waals surface area contributed by atoms with Gasteiger partial charge in [-0.1, -0.05) is 6.42 Å². The minimum Gasteiger partial charge on any atom is -0.480 e. The van der Waals surface area contributed by atoms with Crippen LogP contribution < -0.4 is 5.73 Å². The van der Waals surface area contributed by atoms with Gasteiger partial charge in [0.15, 0.2) is 5.25 Å². The van der Waals surface area contributed by atoms with E-state index in [2.05, 4.69) is 0 Å². The molecular formula is C11H20N2O4S. The second kappa shape index (κ2) is 4.79. The first-order valence-corrected chi connectivity index (χ1v) is 7.81. The molecule has 0 aromatic carbocycles. The number of carboxylic acids is 1. The van der Waals surface area contributed by atoms with Gasteiger partial charge in [0.2, 0.25) is 10.0 Å². The van der Waals surface area contributed by atoms with Crippen molar-refractivity contribution in [1.82, 2.24) is 4.31 Å². The van der Waals surface area contributed by atoms with Crippen LogP contribution in [0.4, 0.5) is 0 Å². The predicted molar refractivity (Wildman–Crippen MR) is 66.4 cm³/mol. The lowest BCUT2D eigenvalue weighted by Crippen LogP contribution is -2.41. The number of aliphatic carboxylic acids is 1. The molecule has 2 rings (SSSR count). The number of fused-ring (bicyclic) bond motifs is 1. The van der Waals surface area contributed by atoms with Crippen molar-refractivity contribution in [3.8, 4) is 0 Å². The molecule has 1 aliphatic heterocycles. The maximum atomic E-state index is 12.1. The number of sulfonamides is 1. The molecule has 104 valence electrons. The molecule has 0 spiro atoms. The topological polar surface area (TPSA) is 101 Å². The summed E-state index contributed by atoms with van der Waals surface area (Å²) in [5, 5.41) is 7.48. The predicted octanol–water partition coefficient (Wildman–Crippen LogP) is -0.151. The third-order valence-electron chi connectivity index (χ3n) is 4.27. The Morgan fingerprint density at radius 1 is 1.39 bits per heavy atom. The van der Waals surface area contributed by atoms with Gasteiger partial charge in [0.1, 0.15) is 0 Å². The summed E-state index contributed by atoms with van der Waals surface area (Å²) in [4.78, 5) is 10.9. The van der Waals surface area contributed by atoms with Crippen molar-refractivity contribution in [2.24, 2.45) is 17.6 Å². The third kappa shape index (κ3) is 2.26. The fraction of sp³-hybridized carbons (Fsp3) is 0.909. The minimum atomic E-state index is -3.74. The highest BCUT2D eigenvalue weighted by Gasteiger charge is 2.45. The maximum absolute atomic E-state index is 12.1. The van der Waals surface area contributed by atoms with Crippen LogP contribution in [0.3, 0.4) is 0 Å². The first kappa shape index (κ1) is 13.8. The van der Waals surface area contributed by atoms with E-state index >= 15 is 0 Å². The summed E-state index contributed by atoms with van der Waals surface area (Å²) in [6.45, 7) is 2.03. The lowest BCUT2D eigenvalue weighted by atomic mass is 9.78. The molecule has 2 fully saturated rings. The number of rotatable bonds is 3. The molecule has 7 heteroatoms. The summed E-state index contributed by atoms with van der Waals surface area (Å²) in [5.41, 5.74) is 6.02. The quantitative estimate of drug-likeness (QED) is 0.746. The fourth-order valence-corrected chi connectivity index (χ4v) is 4.52. The van der Waals surface area contributed by atoms with Crippen molar-refractivity contribution in [3.05, 3.63) is 0 Å². The Balaban J connectivity index is 2.15. The van der Waals surface area contributed by atoms with E-state index in [1.807, 2.05) is 0 Å². The molecule has 6 nitrogen and oxygen atoms in total. The van der Waals surface area contributed by atoms with Crippen LogP contribution in [0.15, 0.2) is 0 Å². The van der Waals surface area contributed by atoms with Gasteiger partial charge in [-0.15, -0.1) is 0 Å². The lowest BCUT2D eigenvalue weighted by molar-refractivity contribution is -0.136. The Bertz CT molecular complexity index is 436. The van der Waals surface area contributed by atoms with Crippen LogP contribution in [0.5, 0.6) is 0 Å². The molecule has 3 N–H and O–H groups in total. The van der Waals surface area contributed by atoms with Gasteiger partial charge in [-0.2, -0.15) is 0 Å². The van der Waals surface area contributed by atoms with E-state index < -0.39 is 21.2 Å². The van der Waals surface area contributed by atoms with Gasteiger partial charge in [-0.25, -0.2) is 12.7 Å². The van der Waals surface area contributed by atoms with Crippen LogP contribution >= 0.6 is 0 Å². The number of nitrogens with two attached hydrogens (primary N) is 1. The summed E-state index contributed by atoms with van der Waals surface area (Å²) in [5.74, 6) is -0.812. The molecular weight excluding hydrogens is 256 g/mol. The van der Waals surface area contributed by atoms with Crippen LogP contribution in [0, 0.1) is 11.8 Å². The number of hydrogen-bond donors (Lipinski definition) is 2. The fourth-order valence-electron chi connectivity index (χ4n) is 3.03. The van der Waals surface area contributed by atoms with Crippen molar-refractivity contribution in [3.63, 3.8) is 0 Å². The van der Waals surface area contributed by atoms with E-state index in [1.165, 1.54) is 11.2 Å². The maximum Gasteiger partial charge on any atom is 0.323 e. The molecule has 0 aromatic rings. The molecule has 18 heavy (non-hydrogen) atoms. The van der Waals surface area contributed by atoms with Crippen LogP contribution in [0.1, 0.15) is 26.2 Å². The highest BCUT2D eigenvalue weighted by atomic mass is 32.2. The molecule has 0 amide bonds. The van der Waals surface area contributed by atoms with Gasteiger partial charge in [-0.3, -0.25) is 4.79 Å². The van der Waals surface area contributed by atoms with Crippen molar-refractivity contribution >= 4 is 16.0 Å². The van der Waals surface area contributed by atoms with Crippen LogP contribution in [-0.2, 0) is 14.8 Å². The average molecular weight is 276 g/mol. The van der Waals surface area contributed by atoms with Gasteiger partial charge in [-0.05, 0) is 31.6 Å². The van der Waals surface area contributed by atoms with Gasteiger partial charge >= 0.3 is 5.97 Å². The van der Waals surface area contributed by atoms with Gasteiger partial charge in [0, 0.05) is 19.1 Å². The van der Waals surface area contributed by atoms with Gasteiger partial charge in [0.25, 0.3) is 0 Å². The standard InChI is InChI=1S/C11H20N2O4S/c1-7(11(14)15)18(16,17)13-5-8-3-2-4-10(12)9(8)6-13/h7-10H,2-6,12H2,1H3,(H,14,15). The summed E-state index contributed by atoms with van der Waals surface area (Å²) < 4.78 is 25.6. The zero-order chi connectivity index (χ0) is 13.5. The second-order valence-electron chi connectivity index (χ2n) is 5.36. The first-order valence-electron chi connectivity index (χ1n) is 6.31. The van der Waals surface area contributed by atoms with Gasteiger partial charge in [0.05, 0.1) is 0 Å². The van der Waals surface area contributed by atoms with Crippen molar-refractivity contribution < 1.29 is 18.3 Å². The van der Waals surface area contributed by atoms with Crippen LogP contribution in [-0.4, -0.2) is 48.2 Å². The van der Waals surface area contributed by atoms with E-state index in [-0.39, 0.29) is 12.0 Å². The van der Waals surface area contributed by atoms with Crippen molar-refractivity contribution in [2.45, 2.75) is 37.5 Å². The van der Waals surface area contributed by atoms with Crippen LogP contribution in [0.25, 0.3) is 0 Å². The molecule has 0 bridgehead atoms. The van der Waals surface area contributed by atoms with Gasteiger partial charge < -0.3 is 10.8 Å². The van der Waals surface area contributed by atoms with Crippen LogP contribution in [0.2, 0.25) is 0 Å². The molecule has 1 aliphatic carbocycles. The Kier molecular flexibility index (Phi) is 3.66. The molecule has 4 atom stereocenters. The summed E-state index contributed by atoms with van der Waals surface area (Å²) in [6, 6.07) is 0.0454. The van der Waals surface area contributed by atoms with E-state index in [1.54, 1.807) is 0 Å². The Morgan fingerprint density at radius 3 is 2.61 bits per heavy atom. The highest BCUT2D eigenvalue weighted by Crippen LogP contribution is 2.37. The van der Waals surface area contributed by atoms with Crippen molar-refractivity contribution in [2.75, 3.05) is 13.1 Å². The number of carbonyl (C=O) groups is 1. The summed E-state index contributed by atoms with van der Waals surface area (Å²) in [6.07, 6.45) is 2.96. The monoisotopic (exact) mass is 276 g/mol. The van der Waals surface area contributed by atoms with E-state index in [0.29, 0.717) is 19.0 Å². The number of nitrogens with zero attached hydrogens (tertiary/aromatic N) is 1. The lowest BCUT2D eigenvalue weighted by Gasteiger charge is -2.29. The normalized spacial score (nSPS) is 35.1. The largest absolute Gasteiger partial charge is 0.480 e. The first-order chi connectivity index (χ1) is 8.34. The summed E-state index contributed by atoms with van der Waals surface area (Å²) >= 11 is 0. The average Bonchev–Trinajstić information content (AvgIpc) is 2.73. The molecule has 0 aromatic heterocycles. The summed E-state index contributed by atoms with van der Waals surface area (Å²) in [7, 11) is -3.74. The molecule has 4 unspecified atom stereocenters. The highest BCUT2D eigenvalue weighted by molar-refractivity contribution is 7.90. The molecule has 0 radical (unpaired) electrons. The molecule has 1 saturated heterocycles. The second-order valence-corrected chi connectivity index (χ2v) is 7.61. The minimum absolute atomic E-state index is 0.0454. The number of hydrogen-bond acceptors (Lipinski definition) is 4. The third-order valence-corrected chi connectivity index (χ3v) is 6.39. The Morgan fingerprint density at radius 2 is 2.06 bits per heavy atom. The number of carboxylic acid groups (broad SMARTS) is 1. The van der Waals surface area contributed by atoms with E-state index in [9.17, 15) is 13.2 Å². The van der Waals surface area contributed by atoms with Crippen molar-refractivity contribution in [1.29, 1.82) is 0 Å². The smallest absolute Gasteiger partial charge is 0.323 e. The van der Waals surface area contributed by atoms with E-state index in [4.69, 9.17) is 10.8 Å². The SMILES string of the molecule is CC(C(=O)O)S(=O)(=O)N1CC2CCCC(N)C2C1. The Labute approximate surface area is 107 Å². The zero-order valence-electron chi connectivity index (χ0n) is 10.4. The molecule has 1 heterocycles. The Hall–Kier alpha value is -0.660.